The van der Waals surface area contributed by atoms with Crippen LogP contribution in [0.25, 0.3) is 11.3 Å². The van der Waals surface area contributed by atoms with Gasteiger partial charge in [-0.25, -0.2) is 4.98 Å². The predicted octanol–water partition coefficient (Wildman–Crippen LogP) is 3.45. The Hall–Kier alpha value is -2.34. The highest BCUT2D eigenvalue weighted by Gasteiger charge is 2.15. The van der Waals surface area contributed by atoms with E-state index in [4.69, 9.17) is 9.72 Å². The normalized spacial score (nSPS) is 15.1. The molecule has 1 saturated heterocycles. The number of hydrogen-bond donors (Lipinski definition) is 1. The minimum atomic E-state index is 0.00839. The first-order chi connectivity index (χ1) is 13.0. The third-order valence-electron chi connectivity index (χ3n) is 4.98. The van der Waals surface area contributed by atoms with Gasteiger partial charge in [-0.15, -0.1) is 0 Å². The Balaban J connectivity index is 1.74. The van der Waals surface area contributed by atoms with Crippen LogP contribution in [0.4, 0.5) is 5.82 Å². The van der Waals surface area contributed by atoms with Gasteiger partial charge in [-0.05, 0) is 37.3 Å². The molecule has 2 aromatic rings. The Morgan fingerprint density at radius 3 is 2.78 bits per heavy atom. The quantitative estimate of drug-likeness (QED) is 0.806. The van der Waals surface area contributed by atoms with Crippen LogP contribution in [0.1, 0.15) is 37.9 Å². The third-order valence-corrected chi connectivity index (χ3v) is 4.98. The highest BCUT2D eigenvalue weighted by Crippen LogP contribution is 2.23. The second-order valence-corrected chi connectivity index (χ2v) is 7.51. The van der Waals surface area contributed by atoms with E-state index in [2.05, 4.69) is 15.3 Å². The highest BCUT2D eigenvalue weighted by molar-refractivity contribution is 5.82. The lowest BCUT2D eigenvalue weighted by atomic mass is 10.0. The standard InChI is InChI=1S/C21H28N4O2/c1-14(2)20(26)9-17-8-18(15(3)10-23-17)19-12-22-13-21(25-19)24-11-16-4-6-27-7-5-16/h8,10,12-14,16H,4-7,9,11H2,1-3H3,(H,24,25). The number of carbonyl (C=O) groups is 1. The first-order valence-electron chi connectivity index (χ1n) is 9.65. The topological polar surface area (TPSA) is 77.0 Å². The van der Waals surface area contributed by atoms with Crippen molar-refractivity contribution in [3.8, 4) is 11.3 Å². The number of rotatable bonds is 7. The van der Waals surface area contributed by atoms with Crippen molar-refractivity contribution in [1.82, 2.24) is 15.0 Å². The zero-order valence-corrected chi connectivity index (χ0v) is 16.4. The number of ketones is 1. The van der Waals surface area contributed by atoms with Gasteiger partial charge in [0.1, 0.15) is 11.6 Å². The summed E-state index contributed by atoms with van der Waals surface area (Å²) in [5.74, 6) is 1.58. The molecule has 3 rings (SSSR count). The van der Waals surface area contributed by atoms with Crippen LogP contribution < -0.4 is 5.32 Å². The maximum atomic E-state index is 12.0. The van der Waals surface area contributed by atoms with E-state index in [9.17, 15) is 4.79 Å². The molecule has 27 heavy (non-hydrogen) atoms. The van der Waals surface area contributed by atoms with E-state index in [0.29, 0.717) is 12.3 Å². The summed E-state index contributed by atoms with van der Waals surface area (Å²) < 4.78 is 5.41. The summed E-state index contributed by atoms with van der Waals surface area (Å²) in [6.07, 6.45) is 7.83. The lowest BCUT2D eigenvalue weighted by Crippen LogP contribution is -2.23. The molecule has 2 aromatic heterocycles. The van der Waals surface area contributed by atoms with E-state index in [1.54, 1.807) is 12.4 Å². The molecule has 144 valence electrons. The predicted molar refractivity (Wildman–Crippen MR) is 106 cm³/mol. The summed E-state index contributed by atoms with van der Waals surface area (Å²) in [4.78, 5) is 25.5. The Bertz CT molecular complexity index is 786. The van der Waals surface area contributed by atoms with Crippen molar-refractivity contribution in [2.24, 2.45) is 11.8 Å². The number of aryl methyl sites for hydroxylation is 1. The van der Waals surface area contributed by atoms with Crippen LogP contribution in [0.15, 0.2) is 24.7 Å². The number of pyridine rings is 1. The van der Waals surface area contributed by atoms with Gasteiger partial charge in [0.25, 0.3) is 0 Å². The highest BCUT2D eigenvalue weighted by atomic mass is 16.5. The zero-order valence-electron chi connectivity index (χ0n) is 16.4. The van der Waals surface area contributed by atoms with E-state index < -0.39 is 0 Å². The van der Waals surface area contributed by atoms with Crippen molar-refractivity contribution in [2.45, 2.75) is 40.0 Å². The third kappa shape index (κ3) is 5.32. The van der Waals surface area contributed by atoms with Gasteiger partial charge in [-0.3, -0.25) is 14.8 Å². The first kappa shape index (κ1) is 19.4. The second-order valence-electron chi connectivity index (χ2n) is 7.51. The average molecular weight is 368 g/mol. The Labute approximate surface area is 160 Å². The number of anilines is 1. The largest absolute Gasteiger partial charge is 0.381 e. The maximum absolute atomic E-state index is 12.0. The molecule has 0 atom stereocenters. The summed E-state index contributed by atoms with van der Waals surface area (Å²) >= 11 is 0. The zero-order chi connectivity index (χ0) is 19.2. The van der Waals surface area contributed by atoms with E-state index in [1.807, 2.05) is 33.0 Å². The van der Waals surface area contributed by atoms with Crippen molar-refractivity contribution in [1.29, 1.82) is 0 Å². The smallest absolute Gasteiger partial charge is 0.145 e. The van der Waals surface area contributed by atoms with Crippen LogP contribution in [-0.4, -0.2) is 40.5 Å². The van der Waals surface area contributed by atoms with Gasteiger partial charge in [-0.1, -0.05) is 13.8 Å². The lowest BCUT2D eigenvalue weighted by molar-refractivity contribution is -0.121. The van der Waals surface area contributed by atoms with Crippen LogP contribution >= 0.6 is 0 Å². The molecular formula is C21H28N4O2. The Morgan fingerprint density at radius 1 is 1.26 bits per heavy atom. The van der Waals surface area contributed by atoms with Crippen LogP contribution in [0.5, 0.6) is 0 Å². The van der Waals surface area contributed by atoms with E-state index >= 15 is 0 Å². The SMILES string of the molecule is Cc1cnc(CC(=O)C(C)C)cc1-c1cncc(NCC2CCOCC2)n1. The van der Waals surface area contributed by atoms with Crippen molar-refractivity contribution < 1.29 is 9.53 Å². The summed E-state index contributed by atoms with van der Waals surface area (Å²) in [5.41, 5.74) is 3.56. The molecule has 0 spiro atoms. The van der Waals surface area contributed by atoms with Crippen molar-refractivity contribution in [2.75, 3.05) is 25.1 Å². The molecule has 0 bridgehead atoms. The number of nitrogens with one attached hydrogen (secondary N) is 1. The van der Waals surface area contributed by atoms with Gasteiger partial charge in [-0.2, -0.15) is 0 Å². The Kier molecular flexibility index (Phi) is 6.50. The Morgan fingerprint density at radius 2 is 2.04 bits per heavy atom. The average Bonchev–Trinajstić information content (AvgIpc) is 2.69. The fraction of sp³-hybridized carbons (Fsp3) is 0.524. The first-order valence-corrected chi connectivity index (χ1v) is 9.65. The van der Waals surface area contributed by atoms with Gasteiger partial charge in [0, 0.05) is 49.6 Å². The number of carbonyl (C=O) groups excluding carboxylic acids is 1. The number of Topliss-reactive ketones (excluding diaryl/α,β-unsaturated/α-hetero) is 1. The van der Waals surface area contributed by atoms with Crippen LogP contribution in [0.3, 0.4) is 0 Å². The molecule has 0 amide bonds. The molecule has 3 heterocycles. The van der Waals surface area contributed by atoms with Gasteiger partial charge in [0.15, 0.2) is 0 Å². The summed E-state index contributed by atoms with van der Waals surface area (Å²) in [6.45, 7) is 8.39. The minimum Gasteiger partial charge on any atom is -0.381 e. The van der Waals surface area contributed by atoms with Gasteiger partial charge in [0.2, 0.25) is 0 Å². The molecule has 0 aromatic carbocycles. The van der Waals surface area contributed by atoms with Crippen LogP contribution in [0, 0.1) is 18.8 Å². The molecule has 0 saturated carbocycles. The molecule has 6 nitrogen and oxygen atoms in total. The summed E-state index contributed by atoms with van der Waals surface area (Å²) in [6, 6.07) is 1.96. The lowest BCUT2D eigenvalue weighted by Gasteiger charge is -2.22. The van der Waals surface area contributed by atoms with Gasteiger partial charge in [0.05, 0.1) is 18.1 Å². The molecule has 1 fully saturated rings. The fourth-order valence-electron chi connectivity index (χ4n) is 3.10. The van der Waals surface area contributed by atoms with Crippen LogP contribution in [0.2, 0.25) is 0 Å². The number of hydrogen-bond acceptors (Lipinski definition) is 6. The molecule has 1 aliphatic rings. The van der Waals surface area contributed by atoms with E-state index in [-0.39, 0.29) is 11.7 Å². The summed E-state index contributed by atoms with van der Waals surface area (Å²) in [7, 11) is 0. The van der Waals surface area contributed by atoms with E-state index in [1.165, 1.54) is 0 Å². The molecular weight excluding hydrogens is 340 g/mol. The fourth-order valence-corrected chi connectivity index (χ4v) is 3.10. The van der Waals surface area contributed by atoms with Crippen molar-refractivity contribution in [3.05, 3.63) is 35.9 Å². The molecule has 1 aliphatic heterocycles. The second kappa shape index (κ2) is 9.04. The van der Waals surface area contributed by atoms with Crippen molar-refractivity contribution in [3.63, 3.8) is 0 Å². The molecule has 0 unspecified atom stereocenters. The number of aromatic nitrogens is 3. The van der Waals surface area contributed by atoms with Crippen LogP contribution in [-0.2, 0) is 16.0 Å². The van der Waals surface area contributed by atoms with E-state index in [0.717, 1.165) is 60.9 Å². The minimum absolute atomic E-state index is 0.00839. The number of ether oxygens (including phenoxy) is 1. The van der Waals surface area contributed by atoms with Gasteiger partial charge >= 0.3 is 0 Å². The molecule has 6 heteroatoms. The summed E-state index contributed by atoms with van der Waals surface area (Å²) in [5, 5.41) is 3.41. The van der Waals surface area contributed by atoms with Gasteiger partial charge < -0.3 is 10.1 Å². The number of nitrogens with zero attached hydrogens (tertiary/aromatic N) is 3. The molecule has 1 N–H and O–H groups in total. The van der Waals surface area contributed by atoms with Crippen molar-refractivity contribution >= 4 is 11.6 Å². The molecule has 0 aliphatic carbocycles. The molecule has 0 radical (unpaired) electrons. The maximum Gasteiger partial charge on any atom is 0.145 e. The monoisotopic (exact) mass is 368 g/mol.